The van der Waals surface area contributed by atoms with Crippen LogP contribution >= 0.6 is 0 Å². The van der Waals surface area contributed by atoms with Gasteiger partial charge in [-0.15, -0.1) is 0 Å². The van der Waals surface area contributed by atoms with Crippen molar-refractivity contribution in [3.05, 3.63) is 66.2 Å². The fraction of sp³-hybridized carbons (Fsp3) is 0. The molecular formula is C18H11F3N6O. The van der Waals surface area contributed by atoms with Crippen LogP contribution in [-0.2, 0) is 0 Å². The minimum Gasteiger partial charge on any atom is -0.351 e. The van der Waals surface area contributed by atoms with Gasteiger partial charge in [0.05, 0.1) is 11.9 Å². The van der Waals surface area contributed by atoms with E-state index in [0.717, 1.165) is 18.2 Å². The number of nitrogens with two attached hydrogens (primary N) is 1. The Balaban J connectivity index is 2.02. The van der Waals surface area contributed by atoms with Crippen LogP contribution in [0.25, 0.3) is 22.6 Å². The first-order chi connectivity index (χ1) is 13.5. The summed E-state index contributed by atoms with van der Waals surface area (Å²) in [4.78, 5) is 27.7. The molecule has 2 aromatic heterocycles. The molecule has 10 heteroatoms. The van der Waals surface area contributed by atoms with E-state index in [1.54, 1.807) is 6.07 Å². The highest BCUT2D eigenvalue weighted by Gasteiger charge is 2.28. The number of amides is 2. The van der Waals surface area contributed by atoms with Crippen LogP contribution in [0.1, 0.15) is 0 Å². The van der Waals surface area contributed by atoms with Crippen molar-refractivity contribution in [2.24, 2.45) is 5.73 Å². The summed E-state index contributed by atoms with van der Waals surface area (Å²) in [5.74, 6) is -3.07. The van der Waals surface area contributed by atoms with Crippen LogP contribution in [0, 0.1) is 17.5 Å². The van der Waals surface area contributed by atoms with Gasteiger partial charge in [-0.25, -0.2) is 37.8 Å². The molecule has 0 atom stereocenters. The third kappa shape index (κ3) is 2.80. The third-order valence-electron chi connectivity index (χ3n) is 3.97. The molecule has 3 N–H and O–H groups in total. The summed E-state index contributed by atoms with van der Waals surface area (Å²) in [6.07, 6.45) is 1.25. The molecule has 2 heterocycles. The van der Waals surface area contributed by atoms with Gasteiger partial charge in [0.2, 0.25) is 0 Å². The molecular weight excluding hydrogens is 373 g/mol. The number of rotatable bonds is 3. The highest BCUT2D eigenvalue weighted by atomic mass is 19.1. The number of aromatic nitrogens is 4. The maximum Gasteiger partial charge on any atom is 0.325 e. The van der Waals surface area contributed by atoms with Crippen LogP contribution in [0.2, 0.25) is 0 Å². The summed E-state index contributed by atoms with van der Waals surface area (Å²) in [7, 11) is 0. The number of halogens is 3. The minimum absolute atomic E-state index is 0.0204. The number of H-pyrrole nitrogens is 1. The number of primary amides is 1. The number of hydrogen-bond acceptors (Lipinski definition) is 4. The van der Waals surface area contributed by atoms with Gasteiger partial charge in [0.25, 0.3) is 0 Å². The molecule has 140 valence electrons. The average Bonchev–Trinajstić information content (AvgIpc) is 3.13. The molecule has 0 radical (unpaired) electrons. The second-order valence-electron chi connectivity index (χ2n) is 5.70. The molecule has 4 rings (SSSR count). The van der Waals surface area contributed by atoms with E-state index in [4.69, 9.17) is 5.73 Å². The van der Waals surface area contributed by atoms with E-state index >= 15 is 0 Å². The number of nitrogens with one attached hydrogen (secondary N) is 1. The maximum absolute atomic E-state index is 14.3. The first kappa shape index (κ1) is 17.5. The van der Waals surface area contributed by atoms with E-state index in [9.17, 15) is 18.0 Å². The maximum atomic E-state index is 14.3. The van der Waals surface area contributed by atoms with Crippen LogP contribution in [0.5, 0.6) is 0 Å². The Bertz CT molecular complexity index is 1190. The summed E-state index contributed by atoms with van der Waals surface area (Å²) < 4.78 is 42.9. The molecule has 0 spiro atoms. The molecule has 0 saturated carbocycles. The number of imidazole rings is 1. The lowest BCUT2D eigenvalue weighted by atomic mass is 10.2. The summed E-state index contributed by atoms with van der Waals surface area (Å²) >= 11 is 0. The number of nitrogens with zero attached hydrogens (tertiary/aromatic N) is 4. The van der Waals surface area contributed by atoms with Crippen molar-refractivity contribution in [1.82, 2.24) is 19.9 Å². The molecule has 0 aliphatic rings. The molecule has 0 aliphatic heterocycles. The zero-order valence-electron chi connectivity index (χ0n) is 14.0. The number of aromatic amines is 1. The fourth-order valence-corrected chi connectivity index (χ4v) is 2.77. The van der Waals surface area contributed by atoms with E-state index in [2.05, 4.69) is 19.9 Å². The minimum atomic E-state index is -1.20. The number of urea groups is 1. The van der Waals surface area contributed by atoms with Crippen LogP contribution in [-0.4, -0.2) is 26.0 Å². The second-order valence-corrected chi connectivity index (χ2v) is 5.70. The lowest BCUT2D eigenvalue weighted by Gasteiger charge is -2.21. The van der Waals surface area contributed by atoms with E-state index < -0.39 is 29.2 Å². The Morgan fingerprint density at radius 2 is 1.64 bits per heavy atom. The first-order valence-corrected chi connectivity index (χ1v) is 7.97. The van der Waals surface area contributed by atoms with Gasteiger partial charge in [0.1, 0.15) is 28.7 Å². The lowest BCUT2D eigenvalue weighted by Crippen LogP contribution is -2.34. The summed E-state index contributed by atoms with van der Waals surface area (Å²) in [5, 5.41) is 0. The van der Waals surface area contributed by atoms with Crippen molar-refractivity contribution < 1.29 is 18.0 Å². The van der Waals surface area contributed by atoms with Gasteiger partial charge >= 0.3 is 6.03 Å². The van der Waals surface area contributed by atoms with Crippen molar-refractivity contribution in [2.75, 3.05) is 4.90 Å². The summed E-state index contributed by atoms with van der Waals surface area (Å²) in [5.41, 5.74) is 4.86. The molecule has 0 saturated heterocycles. The molecule has 0 aliphatic carbocycles. The Labute approximate surface area is 155 Å². The predicted molar refractivity (Wildman–Crippen MR) is 95.2 cm³/mol. The Hall–Kier alpha value is -3.95. The molecule has 2 aromatic carbocycles. The Kier molecular flexibility index (Phi) is 4.15. The number of carbonyl (C=O) groups is 1. The monoisotopic (exact) mass is 384 g/mol. The van der Waals surface area contributed by atoms with Crippen molar-refractivity contribution in [3.63, 3.8) is 0 Å². The number of hydrogen-bond donors (Lipinski definition) is 2. The van der Waals surface area contributed by atoms with Crippen molar-refractivity contribution in [2.45, 2.75) is 0 Å². The smallest absolute Gasteiger partial charge is 0.325 e. The zero-order valence-corrected chi connectivity index (χ0v) is 14.0. The molecule has 0 fully saturated rings. The van der Waals surface area contributed by atoms with E-state index in [0.29, 0.717) is 4.90 Å². The number of carbonyl (C=O) groups excluding carboxylic acids is 1. The van der Waals surface area contributed by atoms with Crippen molar-refractivity contribution >= 4 is 28.7 Å². The van der Waals surface area contributed by atoms with E-state index in [1.807, 2.05) is 0 Å². The predicted octanol–water partition coefficient (Wildman–Crippen LogP) is 3.65. The van der Waals surface area contributed by atoms with Gasteiger partial charge < -0.3 is 10.7 Å². The number of benzene rings is 2. The highest BCUT2D eigenvalue weighted by molar-refractivity contribution is 6.03. The molecule has 7 nitrogen and oxygen atoms in total. The topological polar surface area (TPSA) is 101 Å². The quantitative estimate of drug-likeness (QED) is 0.563. The largest absolute Gasteiger partial charge is 0.351 e. The van der Waals surface area contributed by atoms with Crippen LogP contribution in [0.3, 0.4) is 0 Å². The normalized spacial score (nSPS) is 11.0. The fourth-order valence-electron chi connectivity index (χ4n) is 2.77. The summed E-state index contributed by atoms with van der Waals surface area (Å²) in [6.45, 7) is 0. The number of anilines is 2. The Morgan fingerprint density at radius 1 is 0.964 bits per heavy atom. The van der Waals surface area contributed by atoms with Gasteiger partial charge in [0.15, 0.2) is 17.3 Å². The van der Waals surface area contributed by atoms with Gasteiger partial charge in [-0.1, -0.05) is 18.2 Å². The van der Waals surface area contributed by atoms with E-state index in [-0.39, 0.29) is 28.4 Å². The van der Waals surface area contributed by atoms with Crippen LogP contribution in [0.4, 0.5) is 29.5 Å². The highest BCUT2D eigenvalue weighted by Crippen LogP contribution is 2.34. The molecule has 0 unspecified atom stereocenters. The standard InChI is InChI=1S/C18H11F3N6O/c19-10-5-2-1-4-9(10)15-25-16-13(23-8-24-16)17(26-15)27(18(22)28)14-11(20)6-3-7-12(14)21/h1-8H,(H2,22,28)(H,23,24,25,26). The van der Waals surface area contributed by atoms with Crippen LogP contribution < -0.4 is 10.6 Å². The first-order valence-electron chi connectivity index (χ1n) is 7.97. The lowest BCUT2D eigenvalue weighted by molar-refractivity contribution is 0.255. The molecule has 28 heavy (non-hydrogen) atoms. The average molecular weight is 384 g/mol. The second kappa shape index (κ2) is 6.65. The number of fused-ring (bicyclic) bond motifs is 1. The molecule has 2 amide bonds. The van der Waals surface area contributed by atoms with Gasteiger partial charge in [-0.2, -0.15) is 0 Å². The molecule has 0 bridgehead atoms. The van der Waals surface area contributed by atoms with Crippen molar-refractivity contribution in [3.8, 4) is 11.4 Å². The van der Waals surface area contributed by atoms with Crippen molar-refractivity contribution in [1.29, 1.82) is 0 Å². The van der Waals surface area contributed by atoms with E-state index in [1.165, 1.54) is 24.5 Å². The van der Waals surface area contributed by atoms with Crippen LogP contribution in [0.15, 0.2) is 48.8 Å². The Morgan fingerprint density at radius 3 is 2.32 bits per heavy atom. The number of para-hydroxylation sites is 1. The zero-order chi connectivity index (χ0) is 19.8. The van der Waals surface area contributed by atoms with Gasteiger partial charge in [0, 0.05) is 0 Å². The van der Waals surface area contributed by atoms with Gasteiger partial charge in [-0.05, 0) is 24.3 Å². The SMILES string of the molecule is NC(=O)N(c1c(F)cccc1F)c1nc(-c2ccccc2F)nc2nc[nH]c12. The summed E-state index contributed by atoms with van der Waals surface area (Å²) in [6, 6.07) is 7.56. The van der Waals surface area contributed by atoms with Gasteiger partial charge in [-0.3, -0.25) is 0 Å². The third-order valence-corrected chi connectivity index (χ3v) is 3.97. The molecule has 4 aromatic rings.